The van der Waals surface area contributed by atoms with E-state index in [0.29, 0.717) is 32.7 Å². The molecule has 2 aliphatic heterocycles. The van der Waals surface area contributed by atoms with Gasteiger partial charge in [0.2, 0.25) is 11.8 Å². The molecular weight excluding hydrogens is 368 g/mol. The van der Waals surface area contributed by atoms with Crippen molar-refractivity contribution in [2.45, 2.75) is 13.0 Å². The Morgan fingerprint density at radius 1 is 1.11 bits per heavy atom. The van der Waals surface area contributed by atoms with Gasteiger partial charge >= 0.3 is 0 Å². The van der Waals surface area contributed by atoms with Crippen LogP contribution in [-0.4, -0.2) is 86.0 Å². The second-order valence-corrected chi connectivity index (χ2v) is 6.82. The average molecular weight is 397 g/mol. The summed E-state index contributed by atoms with van der Waals surface area (Å²) in [5.74, 6) is 1.07. The lowest BCUT2D eigenvalue weighted by molar-refractivity contribution is -0.139. The summed E-state index contributed by atoms with van der Waals surface area (Å²) in [6, 6.07) is 8.11. The Hall–Kier alpha value is -1.83. The molecule has 0 bridgehead atoms. The van der Waals surface area contributed by atoms with E-state index < -0.39 is 0 Å². The molecule has 2 aliphatic rings. The van der Waals surface area contributed by atoms with E-state index in [1.807, 2.05) is 23.1 Å². The summed E-state index contributed by atoms with van der Waals surface area (Å²) in [4.78, 5) is 30.2. The van der Waals surface area contributed by atoms with Crippen molar-refractivity contribution in [3.63, 3.8) is 0 Å². The maximum Gasteiger partial charge on any atom is 0.236 e. The Morgan fingerprint density at radius 2 is 1.78 bits per heavy atom. The van der Waals surface area contributed by atoms with E-state index in [4.69, 9.17) is 4.74 Å². The molecule has 3 rings (SSSR count). The summed E-state index contributed by atoms with van der Waals surface area (Å²) in [5, 5.41) is 3.42. The molecule has 1 N–H and O–H groups in total. The van der Waals surface area contributed by atoms with Crippen molar-refractivity contribution >= 4 is 24.2 Å². The van der Waals surface area contributed by atoms with Crippen molar-refractivity contribution in [1.82, 2.24) is 20.0 Å². The molecule has 1 unspecified atom stereocenters. The molecule has 1 atom stereocenters. The van der Waals surface area contributed by atoms with E-state index in [-0.39, 0.29) is 30.3 Å². The van der Waals surface area contributed by atoms with Crippen LogP contribution in [0.5, 0.6) is 5.75 Å². The Balaban J connectivity index is 0.00000261. The smallest absolute Gasteiger partial charge is 0.236 e. The number of ether oxygens (including phenoxy) is 1. The van der Waals surface area contributed by atoms with Crippen LogP contribution in [-0.2, 0) is 9.59 Å². The molecule has 0 spiro atoms. The van der Waals surface area contributed by atoms with Crippen LogP contribution < -0.4 is 10.1 Å². The summed E-state index contributed by atoms with van der Waals surface area (Å²) in [6.07, 6.45) is 0. The number of hydrogen-bond acceptors (Lipinski definition) is 5. The minimum atomic E-state index is 0. The standard InChI is InChI=1S/C19H28N4O3.ClH/c1-15(24)21-9-11-22(12-10-21)19(25)14-23-8-7-20-13-17(23)16-5-3-4-6-18(16)26-2;/h3-6,17,20H,7-14H2,1-2H3;1H. The molecule has 1 aromatic rings. The Labute approximate surface area is 167 Å². The van der Waals surface area contributed by atoms with Gasteiger partial charge in [-0.05, 0) is 6.07 Å². The minimum absolute atomic E-state index is 0. The molecule has 7 nitrogen and oxygen atoms in total. The van der Waals surface area contributed by atoms with E-state index in [1.54, 1.807) is 18.9 Å². The summed E-state index contributed by atoms with van der Waals surface area (Å²) in [6.45, 7) is 6.94. The molecule has 27 heavy (non-hydrogen) atoms. The quantitative estimate of drug-likeness (QED) is 0.813. The fourth-order valence-electron chi connectivity index (χ4n) is 3.73. The highest BCUT2D eigenvalue weighted by molar-refractivity contribution is 5.85. The maximum atomic E-state index is 12.8. The third-order valence-electron chi connectivity index (χ3n) is 5.27. The number of methoxy groups -OCH3 is 1. The minimum Gasteiger partial charge on any atom is -0.496 e. The third-order valence-corrected chi connectivity index (χ3v) is 5.27. The molecule has 2 fully saturated rings. The fourth-order valence-corrected chi connectivity index (χ4v) is 3.73. The number of benzene rings is 1. The summed E-state index contributed by atoms with van der Waals surface area (Å²) in [7, 11) is 1.68. The zero-order chi connectivity index (χ0) is 18.5. The molecule has 8 heteroatoms. The van der Waals surface area contributed by atoms with Crippen LogP contribution in [0.4, 0.5) is 0 Å². The highest BCUT2D eigenvalue weighted by Crippen LogP contribution is 2.30. The van der Waals surface area contributed by atoms with Gasteiger partial charge in [-0.3, -0.25) is 14.5 Å². The van der Waals surface area contributed by atoms with Crippen molar-refractivity contribution in [3.05, 3.63) is 29.8 Å². The Morgan fingerprint density at radius 3 is 2.44 bits per heavy atom. The monoisotopic (exact) mass is 396 g/mol. The number of halogens is 1. The van der Waals surface area contributed by atoms with Crippen molar-refractivity contribution in [2.24, 2.45) is 0 Å². The largest absolute Gasteiger partial charge is 0.496 e. The number of nitrogens with zero attached hydrogens (tertiary/aromatic N) is 3. The lowest BCUT2D eigenvalue weighted by Gasteiger charge is -2.39. The first-order chi connectivity index (χ1) is 12.6. The van der Waals surface area contributed by atoms with Gasteiger partial charge in [-0.25, -0.2) is 0 Å². The van der Waals surface area contributed by atoms with E-state index >= 15 is 0 Å². The number of amides is 2. The van der Waals surface area contributed by atoms with E-state index in [9.17, 15) is 9.59 Å². The summed E-state index contributed by atoms with van der Waals surface area (Å²) in [5.41, 5.74) is 1.11. The number of para-hydroxylation sites is 1. The number of hydrogen-bond donors (Lipinski definition) is 1. The van der Waals surface area contributed by atoms with Crippen LogP contribution in [0.25, 0.3) is 0 Å². The maximum absolute atomic E-state index is 12.8. The van der Waals surface area contributed by atoms with Crippen molar-refractivity contribution in [3.8, 4) is 5.75 Å². The predicted octanol–water partition coefficient (Wildman–Crippen LogP) is 0.754. The topological polar surface area (TPSA) is 65.1 Å². The first-order valence-electron chi connectivity index (χ1n) is 9.21. The molecule has 0 radical (unpaired) electrons. The highest BCUT2D eigenvalue weighted by atomic mass is 35.5. The van der Waals surface area contributed by atoms with Crippen LogP contribution in [0.2, 0.25) is 0 Å². The van der Waals surface area contributed by atoms with Gasteiger partial charge in [-0.2, -0.15) is 0 Å². The average Bonchev–Trinajstić information content (AvgIpc) is 2.68. The fraction of sp³-hybridized carbons (Fsp3) is 0.579. The molecule has 0 aliphatic carbocycles. The highest BCUT2D eigenvalue weighted by Gasteiger charge is 2.30. The van der Waals surface area contributed by atoms with Crippen molar-refractivity contribution in [2.75, 3.05) is 59.5 Å². The molecule has 2 saturated heterocycles. The van der Waals surface area contributed by atoms with Gasteiger partial charge in [0.25, 0.3) is 0 Å². The van der Waals surface area contributed by atoms with Gasteiger partial charge in [0.15, 0.2) is 0 Å². The molecule has 2 heterocycles. The molecule has 2 amide bonds. The molecule has 0 saturated carbocycles. The van der Waals surface area contributed by atoms with E-state index in [0.717, 1.165) is 30.9 Å². The van der Waals surface area contributed by atoms with Crippen LogP contribution >= 0.6 is 12.4 Å². The molecule has 0 aromatic heterocycles. The third kappa shape index (κ3) is 5.12. The van der Waals surface area contributed by atoms with Crippen LogP contribution in [0, 0.1) is 0 Å². The normalized spacial score (nSPS) is 20.7. The van der Waals surface area contributed by atoms with Gasteiger partial charge in [0, 0.05) is 58.3 Å². The molecule has 150 valence electrons. The van der Waals surface area contributed by atoms with Gasteiger partial charge in [0.05, 0.1) is 19.7 Å². The SMILES string of the molecule is COc1ccccc1C1CNCCN1CC(=O)N1CCN(C(C)=O)CC1.Cl. The Kier molecular flexibility index (Phi) is 7.89. The second kappa shape index (κ2) is 9.92. The second-order valence-electron chi connectivity index (χ2n) is 6.82. The van der Waals surface area contributed by atoms with Gasteiger partial charge in [-0.15, -0.1) is 12.4 Å². The summed E-state index contributed by atoms with van der Waals surface area (Å²) >= 11 is 0. The zero-order valence-corrected chi connectivity index (χ0v) is 16.8. The Bertz CT molecular complexity index is 650. The van der Waals surface area contributed by atoms with Gasteiger partial charge in [-0.1, -0.05) is 18.2 Å². The van der Waals surface area contributed by atoms with Crippen molar-refractivity contribution in [1.29, 1.82) is 0 Å². The van der Waals surface area contributed by atoms with Gasteiger partial charge < -0.3 is 19.9 Å². The number of carbonyl (C=O) groups is 2. The first kappa shape index (κ1) is 21.5. The number of piperazine rings is 2. The van der Waals surface area contributed by atoms with Crippen LogP contribution in [0.3, 0.4) is 0 Å². The lowest BCUT2D eigenvalue weighted by atomic mass is 10.0. The van der Waals surface area contributed by atoms with Crippen LogP contribution in [0.15, 0.2) is 24.3 Å². The summed E-state index contributed by atoms with van der Waals surface area (Å²) < 4.78 is 5.52. The lowest BCUT2D eigenvalue weighted by Crippen LogP contribution is -2.54. The number of rotatable bonds is 4. The first-order valence-corrected chi connectivity index (χ1v) is 9.21. The van der Waals surface area contributed by atoms with Crippen molar-refractivity contribution < 1.29 is 14.3 Å². The molecule has 1 aromatic carbocycles. The molecular formula is C19H29ClN4O3. The van der Waals surface area contributed by atoms with E-state index in [1.165, 1.54) is 0 Å². The van der Waals surface area contributed by atoms with Crippen LogP contribution in [0.1, 0.15) is 18.5 Å². The number of carbonyl (C=O) groups excluding carboxylic acids is 2. The zero-order valence-electron chi connectivity index (χ0n) is 16.0. The van der Waals surface area contributed by atoms with E-state index in [2.05, 4.69) is 16.3 Å². The number of nitrogens with one attached hydrogen (secondary N) is 1. The predicted molar refractivity (Wildman–Crippen MR) is 106 cm³/mol. The van der Waals surface area contributed by atoms with Gasteiger partial charge in [0.1, 0.15) is 5.75 Å².